The summed E-state index contributed by atoms with van der Waals surface area (Å²) in [6, 6.07) is 5.36. The van der Waals surface area contributed by atoms with Gasteiger partial charge in [-0.2, -0.15) is 5.10 Å². The topological polar surface area (TPSA) is 90.0 Å². The zero-order valence-corrected chi connectivity index (χ0v) is 12.3. The maximum atomic E-state index is 12.2. The Morgan fingerprint density at radius 3 is 2.75 bits per heavy atom. The van der Waals surface area contributed by atoms with Crippen LogP contribution in [-0.2, 0) is 16.6 Å². The Hall–Kier alpha value is -1.86. The fourth-order valence-electron chi connectivity index (χ4n) is 1.87. The first-order valence-electron chi connectivity index (χ1n) is 6.23. The molecule has 0 bridgehead atoms. The monoisotopic (exact) mass is 294 g/mol. The third-order valence-corrected chi connectivity index (χ3v) is 4.52. The van der Waals surface area contributed by atoms with Crippen LogP contribution >= 0.6 is 0 Å². The zero-order valence-electron chi connectivity index (χ0n) is 11.5. The zero-order chi connectivity index (χ0) is 14.8. The van der Waals surface area contributed by atoms with Gasteiger partial charge in [0.2, 0.25) is 10.0 Å². The molecule has 0 fully saturated rings. The minimum atomic E-state index is -3.50. The van der Waals surface area contributed by atoms with E-state index in [1.165, 1.54) is 6.20 Å². The lowest BCUT2D eigenvalue weighted by molar-refractivity contribution is 0.560. The van der Waals surface area contributed by atoms with Crippen LogP contribution in [0.2, 0.25) is 0 Å². The third kappa shape index (κ3) is 3.37. The molecule has 2 aromatic rings. The molecule has 0 saturated heterocycles. The van der Waals surface area contributed by atoms with Gasteiger partial charge in [0.05, 0.1) is 23.3 Å². The van der Waals surface area contributed by atoms with Crippen LogP contribution in [0.15, 0.2) is 35.5 Å². The van der Waals surface area contributed by atoms with Crippen LogP contribution in [0, 0.1) is 13.8 Å². The van der Waals surface area contributed by atoms with Crippen LogP contribution in [0.25, 0.3) is 0 Å². The smallest absolute Gasteiger partial charge is 0.240 e. The number of aromatic nitrogens is 2. The van der Waals surface area contributed by atoms with Gasteiger partial charge in [0.15, 0.2) is 0 Å². The second-order valence-electron chi connectivity index (χ2n) is 4.70. The Kier molecular flexibility index (Phi) is 4.10. The van der Waals surface area contributed by atoms with E-state index >= 15 is 0 Å². The summed E-state index contributed by atoms with van der Waals surface area (Å²) in [5.74, 6) is 0. The number of nitrogens with zero attached hydrogens (tertiary/aromatic N) is 2. The fourth-order valence-corrected chi connectivity index (χ4v) is 3.22. The number of nitrogen functional groups attached to an aromatic ring is 1. The Labute approximate surface area is 118 Å². The largest absolute Gasteiger partial charge is 0.396 e. The summed E-state index contributed by atoms with van der Waals surface area (Å²) in [5, 5.41) is 4.00. The number of hydrogen-bond donors (Lipinski definition) is 2. The lowest BCUT2D eigenvalue weighted by Crippen LogP contribution is -2.28. The summed E-state index contributed by atoms with van der Waals surface area (Å²) < 4.78 is 28.6. The predicted molar refractivity (Wildman–Crippen MR) is 77.7 cm³/mol. The van der Waals surface area contributed by atoms with E-state index in [1.807, 2.05) is 13.0 Å². The first-order valence-corrected chi connectivity index (χ1v) is 7.71. The highest BCUT2D eigenvalue weighted by Gasteiger charge is 2.16. The van der Waals surface area contributed by atoms with Crippen molar-refractivity contribution in [1.82, 2.24) is 14.5 Å². The Morgan fingerprint density at radius 2 is 2.10 bits per heavy atom. The first-order chi connectivity index (χ1) is 9.38. The highest BCUT2D eigenvalue weighted by molar-refractivity contribution is 7.89. The van der Waals surface area contributed by atoms with Gasteiger partial charge in [-0.25, -0.2) is 13.1 Å². The molecule has 0 saturated carbocycles. The molecule has 1 aromatic carbocycles. The van der Waals surface area contributed by atoms with E-state index in [0.29, 0.717) is 17.1 Å². The van der Waals surface area contributed by atoms with Gasteiger partial charge in [-0.05, 0) is 31.0 Å². The lowest BCUT2D eigenvalue weighted by Gasteiger charge is -2.10. The molecule has 1 aromatic heterocycles. The molecule has 2 rings (SSSR count). The van der Waals surface area contributed by atoms with E-state index in [9.17, 15) is 8.42 Å². The second-order valence-corrected chi connectivity index (χ2v) is 6.44. The average Bonchev–Trinajstić information content (AvgIpc) is 2.78. The van der Waals surface area contributed by atoms with Crippen molar-refractivity contribution in [1.29, 1.82) is 0 Å². The molecule has 0 atom stereocenters. The number of benzene rings is 1. The van der Waals surface area contributed by atoms with Crippen LogP contribution in [0.3, 0.4) is 0 Å². The molecular formula is C13H18N4O2S. The molecule has 0 amide bonds. The second kappa shape index (κ2) is 5.64. The number of nitrogens with one attached hydrogen (secondary N) is 1. The summed E-state index contributed by atoms with van der Waals surface area (Å²) in [4.78, 5) is 0.317. The molecule has 0 unspecified atom stereocenters. The molecule has 0 spiro atoms. The molecule has 0 aliphatic rings. The normalized spacial score (nSPS) is 11.7. The minimum Gasteiger partial charge on any atom is -0.396 e. The van der Waals surface area contributed by atoms with Gasteiger partial charge in [0.25, 0.3) is 0 Å². The van der Waals surface area contributed by atoms with E-state index in [4.69, 9.17) is 5.73 Å². The van der Waals surface area contributed by atoms with E-state index in [2.05, 4.69) is 9.82 Å². The van der Waals surface area contributed by atoms with Crippen LogP contribution < -0.4 is 10.5 Å². The number of sulfonamides is 1. The third-order valence-electron chi connectivity index (χ3n) is 2.92. The van der Waals surface area contributed by atoms with E-state index in [1.54, 1.807) is 29.9 Å². The lowest BCUT2D eigenvalue weighted by atomic mass is 10.2. The van der Waals surface area contributed by atoms with Crippen LogP contribution in [0.4, 0.5) is 5.69 Å². The Balaban J connectivity index is 2.06. The molecule has 0 radical (unpaired) electrons. The summed E-state index contributed by atoms with van der Waals surface area (Å²) in [7, 11) is -3.50. The molecule has 0 aliphatic carbocycles. The molecule has 108 valence electrons. The molecule has 1 heterocycles. The average molecular weight is 294 g/mol. The van der Waals surface area contributed by atoms with Gasteiger partial charge in [0.1, 0.15) is 0 Å². The highest BCUT2D eigenvalue weighted by atomic mass is 32.2. The van der Waals surface area contributed by atoms with Crippen molar-refractivity contribution in [2.75, 3.05) is 12.3 Å². The molecule has 7 heteroatoms. The summed E-state index contributed by atoms with van der Waals surface area (Å²) in [6.45, 7) is 4.34. The molecule has 20 heavy (non-hydrogen) atoms. The van der Waals surface area contributed by atoms with Crippen molar-refractivity contribution < 1.29 is 8.42 Å². The predicted octanol–water partition coefficient (Wildman–Crippen LogP) is 1.06. The van der Waals surface area contributed by atoms with Gasteiger partial charge in [0, 0.05) is 12.7 Å². The number of rotatable bonds is 5. The minimum absolute atomic E-state index is 0.261. The van der Waals surface area contributed by atoms with Crippen molar-refractivity contribution in [3.63, 3.8) is 0 Å². The van der Waals surface area contributed by atoms with Gasteiger partial charge in [-0.15, -0.1) is 0 Å². The summed E-state index contributed by atoms with van der Waals surface area (Å²) >= 11 is 0. The number of aryl methyl sites for hydroxylation is 2. The van der Waals surface area contributed by atoms with Crippen molar-refractivity contribution in [2.24, 2.45) is 0 Å². The van der Waals surface area contributed by atoms with Gasteiger partial charge in [-0.1, -0.05) is 12.1 Å². The number of anilines is 1. The van der Waals surface area contributed by atoms with Crippen LogP contribution in [-0.4, -0.2) is 24.7 Å². The van der Waals surface area contributed by atoms with Crippen molar-refractivity contribution in [3.8, 4) is 0 Å². The van der Waals surface area contributed by atoms with Gasteiger partial charge in [-0.3, -0.25) is 4.68 Å². The maximum Gasteiger partial charge on any atom is 0.240 e. The van der Waals surface area contributed by atoms with Gasteiger partial charge < -0.3 is 5.73 Å². The van der Waals surface area contributed by atoms with Crippen LogP contribution in [0.5, 0.6) is 0 Å². The van der Waals surface area contributed by atoms with E-state index in [-0.39, 0.29) is 6.54 Å². The summed E-state index contributed by atoms with van der Waals surface area (Å²) in [5.41, 5.74) is 7.74. The Bertz CT molecular complexity index is 707. The fraction of sp³-hybridized carbons (Fsp3) is 0.308. The SMILES string of the molecule is Cc1ccc(C)c(S(=O)(=O)NCCn2cc(N)cn2)c1. The van der Waals surface area contributed by atoms with Crippen molar-refractivity contribution >= 4 is 15.7 Å². The van der Waals surface area contributed by atoms with Crippen molar-refractivity contribution in [3.05, 3.63) is 41.7 Å². The number of nitrogens with two attached hydrogens (primary N) is 1. The quantitative estimate of drug-likeness (QED) is 0.863. The highest BCUT2D eigenvalue weighted by Crippen LogP contribution is 2.16. The number of hydrogen-bond acceptors (Lipinski definition) is 4. The molecule has 6 nitrogen and oxygen atoms in total. The first kappa shape index (κ1) is 14.5. The maximum absolute atomic E-state index is 12.2. The summed E-state index contributed by atoms with van der Waals surface area (Å²) in [6.07, 6.45) is 3.19. The molecular weight excluding hydrogens is 276 g/mol. The standard InChI is InChI=1S/C13H18N4O2S/c1-10-3-4-11(2)13(7-10)20(18,19)16-5-6-17-9-12(14)8-15-17/h3-4,7-9,16H,5-6,14H2,1-2H3. The van der Waals surface area contributed by atoms with Crippen molar-refractivity contribution in [2.45, 2.75) is 25.3 Å². The van der Waals surface area contributed by atoms with E-state index in [0.717, 1.165) is 11.1 Å². The van der Waals surface area contributed by atoms with E-state index < -0.39 is 10.0 Å². The Morgan fingerprint density at radius 1 is 1.35 bits per heavy atom. The molecule has 3 N–H and O–H groups in total. The van der Waals surface area contributed by atoms with Gasteiger partial charge >= 0.3 is 0 Å². The van der Waals surface area contributed by atoms with Crippen LogP contribution in [0.1, 0.15) is 11.1 Å². The molecule has 0 aliphatic heterocycles.